The number of aromatic nitrogens is 4. The Morgan fingerprint density at radius 3 is 2.52 bits per heavy atom. The molecule has 0 saturated carbocycles. The summed E-state index contributed by atoms with van der Waals surface area (Å²) in [7, 11) is -3.46. The number of fused-ring (bicyclic) bond motifs is 1. The number of imidazole rings is 1. The predicted molar refractivity (Wildman–Crippen MR) is 106 cm³/mol. The molecule has 0 saturated heterocycles. The Morgan fingerprint density at radius 1 is 1.04 bits per heavy atom. The van der Waals surface area contributed by atoms with Crippen LogP contribution in [0.2, 0.25) is 5.02 Å². The molecule has 27 heavy (non-hydrogen) atoms. The van der Waals surface area contributed by atoms with Crippen molar-refractivity contribution >= 4 is 38.5 Å². The highest BCUT2D eigenvalue weighted by Gasteiger charge is 2.13. The molecule has 4 rings (SSSR count). The highest BCUT2D eigenvalue weighted by atomic mass is 35.5. The molecule has 0 spiro atoms. The lowest BCUT2D eigenvalue weighted by Gasteiger charge is -2.10. The number of nitrogens with one attached hydrogen (secondary N) is 2. The third-order valence-corrected chi connectivity index (χ3v) is 4.71. The van der Waals surface area contributed by atoms with Crippen LogP contribution >= 0.6 is 11.6 Å². The van der Waals surface area contributed by atoms with Crippen LogP contribution in [0.3, 0.4) is 0 Å². The van der Waals surface area contributed by atoms with Crippen LogP contribution in [0.1, 0.15) is 0 Å². The van der Waals surface area contributed by atoms with E-state index in [0.29, 0.717) is 39.0 Å². The molecule has 0 amide bonds. The van der Waals surface area contributed by atoms with Crippen molar-refractivity contribution in [2.24, 2.45) is 0 Å². The van der Waals surface area contributed by atoms with E-state index < -0.39 is 10.0 Å². The van der Waals surface area contributed by atoms with Gasteiger partial charge in [-0.15, -0.1) is 0 Å². The highest BCUT2D eigenvalue weighted by Crippen LogP contribution is 2.32. The maximum absolute atomic E-state index is 11.7. The van der Waals surface area contributed by atoms with Gasteiger partial charge in [-0.05, 0) is 42.5 Å². The summed E-state index contributed by atoms with van der Waals surface area (Å²) in [6, 6.07) is 12.4. The van der Waals surface area contributed by atoms with E-state index in [-0.39, 0.29) is 0 Å². The first-order valence-electron chi connectivity index (χ1n) is 7.94. The van der Waals surface area contributed by atoms with E-state index in [1.807, 2.05) is 18.2 Å². The highest BCUT2D eigenvalue weighted by molar-refractivity contribution is 7.92. The third-order valence-electron chi connectivity index (χ3n) is 3.80. The molecule has 0 radical (unpaired) electrons. The number of hydrogen-bond acceptors (Lipinski definition) is 5. The molecule has 9 heteroatoms. The zero-order valence-electron chi connectivity index (χ0n) is 14.1. The molecule has 4 aromatic rings. The van der Waals surface area contributed by atoms with E-state index in [0.717, 1.165) is 11.8 Å². The van der Waals surface area contributed by atoms with Crippen molar-refractivity contribution in [3.8, 4) is 22.6 Å². The first kappa shape index (κ1) is 17.4. The number of aromatic amines is 1. The summed E-state index contributed by atoms with van der Waals surface area (Å²) in [6.07, 6.45) is 4.38. The SMILES string of the molecule is CS(=O)(=O)Nc1cc(-c2nc3ncccc3[nH]2)cc(-c2ncccc2Cl)c1. The quantitative estimate of drug-likeness (QED) is 0.544. The summed E-state index contributed by atoms with van der Waals surface area (Å²) in [5.41, 5.74) is 3.64. The number of anilines is 1. The summed E-state index contributed by atoms with van der Waals surface area (Å²) >= 11 is 6.27. The lowest BCUT2D eigenvalue weighted by Crippen LogP contribution is -2.09. The molecular weight excluding hydrogens is 386 g/mol. The number of benzene rings is 1. The van der Waals surface area contributed by atoms with Gasteiger partial charge >= 0.3 is 0 Å². The number of hydrogen-bond donors (Lipinski definition) is 2. The van der Waals surface area contributed by atoms with Crippen molar-refractivity contribution in [2.45, 2.75) is 0 Å². The Kier molecular flexibility index (Phi) is 4.29. The normalized spacial score (nSPS) is 11.6. The number of halogens is 1. The molecular formula is C18H14ClN5O2S. The molecule has 0 unspecified atom stereocenters. The minimum absolute atomic E-state index is 0.389. The lowest BCUT2D eigenvalue weighted by molar-refractivity contribution is 0.607. The maximum Gasteiger partial charge on any atom is 0.229 e. The smallest absolute Gasteiger partial charge is 0.229 e. The Bertz CT molecular complexity index is 1220. The molecule has 0 fully saturated rings. The van der Waals surface area contributed by atoms with Crippen molar-refractivity contribution in [1.29, 1.82) is 0 Å². The molecule has 2 N–H and O–H groups in total. The molecule has 0 aliphatic heterocycles. The standard InChI is InChI=1S/C18H14ClN5O2S/c1-27(25,26)24-13-9-11(16-14(19)4-2-6-20-16)8-12(10-13)17-22-15-5-3-7-21-18(15)23-17/h2-10,24H,1H3,(H,21,22,23). The molecule has 3 heterocycles. The Hall–Kier alpha value is -2.97. The van der Waals surface area contributed by atoms with Crippen molar-refractivity contribution in [1.82, 2.24) is 19.9 Å². The number of pyridine rings is 2. The zero-order chi connectivity index (χ0) is 19.0. The van der Waals surface area contributed by atoms with E-state index in [9.17, 15) is 8.42 Å². The largest absolute Gasteiger partial charge is 0.337 e. The molecule has 0 atom stereocenters. The van der Waals surface area contributed by atoms with Gasteiger partial charge in [0.2, 0.25) is 10.0 Å². The monoisotopic (exact) mass is 399 g/mol. The predicted octanol–water partition coefficient (Wildman–Crippen LogP) is 3.71. The number of H-pyrrole nitrogens is 1. The van der Waals surface area contributed by atoms with Gasteiger partial charge in [-0.25, -0.2) is 18.4 Å². The van der Waals surface area contributed by atoms with Crippen molar-refractivity contribution in [3.05, 3.63) is 59.9 Å². The van der Waals surface area contributed by atoms with Crippen molar-refractivity contribution < 1.29 is 8.42 Å². The second kappa shape index (κ2) is 6.64. The second-order valence-electron chi connectivity index (χ2n) is 5.97. The van der Waals surface area contributed by atoms with E-state index >= 15 is 0 Å². The van der Waals surface area contributed by atoms with Gasteiger partial charge < -0.3 is 4.98 Å². The van der Waals surface area contributed by atoms with Crippen LogP contribution in [0.25, 0.3) is 33.8 Å². The Balaban J connectivity index is 1.91. The topological polar surface area (TPSA) is 101 Å². The van der Waals surface area contributed by atoms with Crippen molar-refractivity contribution in [3.63, 3.8) is 0 Å². The van der Waals surface area contributed by atoms with Crippen LogP contribution in [0.4, 0.5) is 5.69 Å². The van der Waals surface area contributed by atoms with Crippen molar-refractivity contribution in [2.75, 3.05) is 11.0 Å². The Morgan fingerprint density at radius 2 is 1.78 bits per heavy atom. The van der Waals surface area contributed by atoms with Gasteiger partial charge in [-0.3, -0.25) is 9.71 Å². The molecule has 1 aromatic carbocycles. The summed E-state index contributed by atoms with van der Waals surface area (Å²) in [6.45, 7) is 0. The lowest BCUT2D eigenvalue weighted by atomic mass is 10.1. The average molecular weight is 400 g/mol. The van der Waals surface area contributed by atoms with Gasteiger partial charge in [0.15, 0.2) is 5.65 Å². The van der Waals surface area contributed by atoms with Crippen LogP contribution in [-0.4, -0.2) is 34.6 Å². The number of sulfonamides is 1. The fraction of sp³-hybridized carbons (Fsp3) is 0.0556. The zero-order valence-corrected chi connectivity index (χ0v) is 15.7. The van der Waals surface area contributed by atoms with Crippen LogP contribution < -0.4 is 4.72 Å². The van der Waals surface area contributed by atoms with Crippen LogP contribution in [0.15, 0.2) is 54.9 Å². The van der Waals surface area contributed by atoms with E-state index in [1.165, 1.54) is 0 Å². The molecule has 0 bridgehead atoms. The van der Waals surface area contributed by atoms with E-state index in [1.54, 1.807) is 36.7 Å². The molecule has 0 aliphatic carbocycles. The van der Waals surface area contributed by atoms with Gasteiger partial charge in [-0.2, -0.15) is 0 Å². The second-order valence-corrected chi connectivity index (χ2v) is 8.12. The summed E-state index contributed by atoms with van der Waals surface area (Å²) < 4.78 is 25.9. The summed E-state index contributed by atoms with van der Waals surface area (Å²) in [5.74, 6) is 0.564. The molecule has 7 nitrogen and oxygen atoms in total. The van der Waals surface area contributed by atoms with E-state index in [4.69, 9.17) is 11.6 Å². The fourth-order valence-electron chi connectivity index (χ4n) is 2.75. The molecule has 3 aromatic heterocycles. The average Bonchev–Trinajstić information content (AvgIpc) is 3.04. The molecule has 136 valence electrons. The maximum atomic E-state index is 11.7. The third kappa shape index (κ3) is 3.76. The first-order valence-corrected chi connectivity index (χ1v) is 10.2. The van der Waals surface area contributed by atoms with E-state index in [2.05, 4.69) is 24.7 Å². The van der Waals surface area contributed by atoms with Gasteiger partial charge in [0.05, 0.1) is 22.5 Å². The first-order chi connectivity index (χ1) is 12.9. The number of nitrogens with zero attached hydrogens (tertiary/aromatic N) is 3. The van der Waals surface area contributed by atoms with Gasteiger partial charge in [0.1, 0.15) is 5.82 Å². The number of rotatable bonds is 4. The van der Waals surface area contributed by atoms with Gasteiger partial charge in [-0.1, -0.05) is 11.6 Å². The summed E-state index contributed by atoms with van der Waals surface area (Å²) in [4.78, 5) is 16.2. The Labute approximate surface area is 160 Å². The fourth-order valence-corrected chi connectivity index (χ4v) is 3.53. The minimum atomic E-state index is -3.46. The van der Waals surface area contributed by atoms with Crippen LogP contribution in [0, 0.1) is 0 Å². The van der Waals surface area contributed by atoms with Crippen LogP contribution in [-0.2, 0) is 10.0 Å². The van der Waals surface area contributed by atoms with Gasteiger partial charge in [0, 0.05) is 29.2 Å². The van der Waals surface area contributed by atoms with Crippen LogP contribution in [0.5, 0.6) is 0 Å². The minimum Gasteiger partial charge on any atom is -0.337 e. The van der Waals surface area contributed by atoms with Gasteiger partial charge in [0.25, 0.3) is 0 Å². The summed E-state index contributed by atoms with van der Waals surface area (Å²) in [5, 5.41) is 0.464. The molecule has 0 aliphatic rings.